The molecule has 0 aliphatic carbocycles. The lowest BCUT2D eigenvalue weighted by atomic mass is 10.0. The van der Waals surface area contributed by atoms with Crippen molar-refractivity contribution < 1.29 is 9.90 Å². The van der Waals surface area contributed by atoms with Gasteiger partial charge in [0.25, 0.3) is 5.91 Å². The highest BCUT2D eigenvalue weighted by Crippen LogP contribution is 2.23. The number of pyridine rings is 1. The minimum absolute atomic E-state index is 0.0376. The lowest BCUT2D eigenvalue weighted by molar-refractivity contribution is 0.0944. The first kappa shape index (κ1) is 16.0. The zero-order valence-electron chi connectivity index (χ0n) is 12.8. The Morgan fingerprint density at radius 3 is 2.77 bits per heavy atom. The molecular formula is C17H21N3O2. The molecule has 0 fully saturated rings. The third-order valence-corrected chi connectivity index (χ3v) is 3.48. The average molecular weight is 299 g/mol. The predicted molar refractivity (Wildman–Crippen MR) is 86.9 cm³/mol. The molecule has 1 aromatic heterocycles. The van der Waals surface area contributed by atoms with E-state index in [1.165, 1.54) is 0 Å². The normalized spacial score (nSPS) is 11.8. The molecule has 1 atom stereocenters. The van der Waals surface area contributed by atoms with Crippen LogP contribution in [0.2, 0.25) is 0 Å². The molecule has 0 saturated heterocycles. The van der Waals surface area contributed by atoms with E-state index in [9.17, 15) is 4.79 Å². The number of benzene rings is 1. The van der Waals surface area contributed by atoms with Gasteiger partial charge in [-0.05, 0) is 43.7 Å². The fourth-order valence-electron chi connectivity index (χ4n) is 2.24. The molecule has 1 heterocycles. The van der Waals surface area contributed by atoms with Gasteiger partial charge in [-0.1, -0.05) is 12.1 Å². The maximum Gasteiger partial charge on any atom is 0.251 e. The Morgan fingerprint density at radius 2 is 2.09 bits per heavy atom. The number of aliphatic hydroxyl groups excluding tert-OH is 1. The molecular weight excluding hydrogens is 278 g/mol. The molecule has 5 nitrogen and oxygen atoms in total. The van der Waals surface area contributed by atoms with Crippen molar-refractivity contribution in [3.05, 3.63) is 59.4 Å². The molecule has 22 heavy (non-hydrogen) atoms. The standard InChI is InChI=1S/C17H21N3O2/c1-12-14(17(22)19-10-11-21)6-5-8-15(12)20-13(2)16-7-3-4-9-18-16/h3-9,13,20-21H,10-11H2,1-2H3,(H,19,22). The fourth-order valence-corrected chi connectivity index (χ4v) is 2.24. The van der Waals surface area contributed by atoms with Crippen LogP contribution in [0.1, 0.15) is 34.6 Å². The fraction of sp³-hybridized carbons (Fsp3) is 0.294. The maximum absolute atomic E-state index is 12.1. The molecule has 1 unspecified atom stereocenters. The molecule has 0 aliphatic heterocycles. The van der Waals surface area contributed by atoms with Gasteiger partial charge in [-0.3, -0.25) is 9.78 Å². The van der Waals surface area contributed by atoms with Crippen molar-refractivity contribution >= 4 is 11.6 Å². The number of aliphatic hydroxyl groups is 1. The second-order valence-electron chi connectivity index (χ2n) is 5.08. The Morgan fingerprint density at radius 1 is 1.27 bits per heavy atom. The smallest absolute Gasteiger partial charge is 0.251 e. The highest BCUT2D eigenvalue weighted by molar-refractivity contribution is 5.97. The highest BCUT2D eigenvalue weighted by Gasteiger charge is 2.13. The van der Waals surface area contributed by atoms with E-state index >= 15 is 0 Å². The largest absolute Gasteiger partial charge is 0.395 e. The minimum Gasteiger partial charge on any atom is -0.395 e. The van der Waals surface area contributed by atoms with Gasteiger partial charge >= 0.3 is 0 Å². The number of nitrogens with one attached hydrogen (secondary N) is 2. The Labute approximate surface area is 130 Å². The lowest BCUT2D eigenvalue weighted by Gasteiger charge is -2.18. The van der Waals surface area contributed by atoms with Gasteiger partial charge in [0, 0.05) is 24.0 Å². The number of hydrogen-bond acceptors (Lipinski definition) is 4. The molecule has 0 spiro atoms. The molecule has 116 valence electrons. The molecule has 5 heteroatoms. The number of nitrogens with zero attached hydrogens (tertiary/aromatic N) is 1. The number of hydrogen-bond donors (Lipinski definition) is 3. The van der Waals surface area contributed by atoms with Crippen molar-refractivity contribution in [3.63, 3.8) is 0 Å². The van der Waals surface area contributed by atoms with Crippen LogP contribution in [0.15, 0.2) is 42.6 Å². The number of rotatable bonds is 6. The summed E-state index contributed by atoms with van der Waals surface area (Å²) in [5.41, 5.74) is 3.32. The van der Waals surface area contributed by atoms with Crippen LogP contribution < -0.4 is 10.6 Å². The highest BCUT2D eigenvalue weighted by atomic mass is 16.3. The molecule has 2 aromatic rings. The molecule has 1 amide bonds. The molecule has 1 aromatic carbocycles. The number of amides is 1. The average Bonchev–Trinajstić information content (AvgIpc) is 2.55. The van der Waals surface area contributed by atoms with E-state index < -0.39 is 0 Å². The van der Waals surface area contributed by atoms with Crippen LogP contribution in [0, 0.1) is 6.92 Å². The van der Waals surface area contributed by atoms with E-state index in [4.69, 9.17) is 5.11 Å². The van der Waals surface area contributed by atoms with E-state index in [0.29, 0.717) is 5.56 Å². The van der Waals surface area contributed by atoms with Crippen LogP contribution in [0.5, 0.6) is 0 Å². The number of anilines is 1. The Hall–Kier alpha value is -2.40. The minimum atomic E-state index is -0.180. The van der Waals surface area contributed by atoms with Crippen LogP contribution in [-0.2, 0) is 0 Å². The van der Waals surface area contributed by atoms with Gasteiger partial charge < -0.3 is 15.7 Å². The van der Waals surface area contributed by atoms with Gasteiger partial charge in [-0.2, -0.15) is 0 Å². The Bertz CT molecular complexity index is 629. The maximum atomic E-state index is 12.1. The van der Waals surface area contributed by atoms with Crippen molar-refractivity contribution in [1.29, 1.82) is 0 Å². The summed E-state index contributed by atoms with van der Waals surface area (Å²) in [4.78, 5) is 16.4. The van der Waals surface area contributed by atoms with Crippen LogP contribution in [-0.4, -0.2) is 29.1 Å². The van der Waals surface area contributed by atoms with Crippen molar-refractivity contribution in [2.75, 3.05) is 18.5 Å². The van der Waals surface area contributed by atoms with Crippen molar-refractivity contribution in [3.8, 4) is 0 Å². The Balaban J connectivity index is 2.17. The second kappa shape index (κ2) is 7.56. The topological polar surface area (TPSA) is 74.2 Å². The van der Waals surface area contributed by atoms with E-state index in [1.807, 2.05) is 44.2 Å². The molecule has 3 N–H and O–H groups in total. The second-order valence-corrected chi connectivity index (χ2v) is 5.08. The summed E-state index contributed by atoms with van der Waals surface area (Å²) in [6, 6.07) is 11.4. The molecule has 0 bridgehead atoms. The first-order valence-corrected chi connectivity index (χ1v) is 7.29. The summed E-state index contributed by atoms with van der Waals surface area (Å²) in [6.45, 7) is 4.11. The van der Waals surface area contributed by atoms with Gasteiger partial charge in [-0.25, -0.2) is 0 Å². The molecule has 0 saturated carbocycles. The summed E-state index contributed by atoms with van der Waals surface area (Å²) < 4.78 is 0. The van der Waals surface area contributed by atoms with Gasteiger partial charge in [0.15, 0.2) is 0 Å². The number of carbonyl (C=O) groups is 1. The van der Waals surface area contributed by atoms with E-state index in [-0.39, 0.29) is 25.1 Å². The summed E-state index contributed by atoms with van der Waals surface area (Å²) in [6.07, 6.45) is 1.76. The van der Waals surface area contributed by atoms with E-state index in [2.05, 4.69) is 15.6 Å². The molecule has 2 rings (SSSR count). The zero-order chi connectivity index (χ0) is 15.9. The summed E-state index contributed by atoms with van der Waals surface area (Å²) in [7, 11) is 0. The van der Waals surface area contributed by atoms with Gasteiger partial charge in [-0.15, -0.1) is 0 Å². The van der Waals surface area contributed by atoms with Gasteiger partial charge in [0.05, 0.1) is 18.3 Å². The summed E-state index contributed by atoms with van der Waals surface area (Å²) in [5.74, 6) is -0.180. The van der Waals surface area contributed by atoms with Crippen molar-refractivity contribution in [2.45, 2.75) is 19.9 Å². The quantitative estimate of drug-likeness (QED) is 0.765. The molecule has 0 aliphatic rings. The zero-order valence-corrected chi connectivity index (χ0v) is 12.8. The van der Waals surface area contributed by atoms with Crippen molar-refractivity contribution in [1.82, 2.24) is 10.3 Å². The first-order valence-electron chi connectivity index (χ1n) is 7.29. The number of carbonyl (C=O) groups excluding carboxylic acids is 1. The lowest BCUT2D eigenvalue weighted by Crippen LogP contribution is -2.27. The van der Waals surface area contributed by atoms with Crippen LogP contribution in [0.25, 0.3) is 0 Å². The summed E-state index contributed by atoms with van der Waals surface area (Å²) >= 11 is 0. The number of aromatic nitrogens is 1. The summed E-state index contributed by atoms with van der Waals surface area (Å²) in [5, 5.41) is 14.9. The van der Waals surface area contributed by atoms with Crippen molar-refractivity contribution in [2.24, 2.45) is 0 Å². The third kappa shape index (κ3) is 3.83. The van der Waals surface area contributed by atoms with Crippen LogP contribution in [0.3, 0.4) is 0 Å². The van der Waals surface area contributed by atoms with Crippen LogP contribution in [0.4, 0.5) is 5.69 Å². The van der Waals surface area contributed by atoms with E-state index in [1.54, 1.807) is 12.3 Å². The first-order chi connectivity index (χ1) is 10.6. The molecule has 0 radical (unpaired) electrons. The monoisotopic (exact) mass is 299 g/mol. The van der Waals surface area contributed by atoms with Gasteiger partial charge in [0.2, 0.25) is 0 Å². The van der Waals surface area contributed by atoms with Gasteiger partial charge in [0.1, 0.15) is 0 Å². The van der Waals surface area contributed by atoms with E-state index in [0.717, 1.165) is 16.9 Å². The predicted octanol–water partition coefficient (Wildman–Crippen LogP) is 2.29. The SMILES string of the molecule is Cc1c(NC(C)c2ccccn2)cccc1C(=O)NCCO. The van der Waals surface area contributed by atoms with Crippen LogP contribution >= 0.6 is 0 Å². The third-order valence-electron chi connectivity index (χ3n) is 3.48. The Kier molecular flexibility index (Phi) is 5.49.